The number of hydrogen-bond acceptors (Lipinski definition) is 6. The fourth-order valence-corrected chi connectivity index (χ4v) is 2.25. The topological polar surface area (TPSA) is 78.4 Å². The van der Waals surface area contributed by atoms with E-state index in [4.69, 9.17) is 18.9 Å². The number of methoxy groups -OCH3 is 3. The summed E-state index contributed by atoms with van der Waals surface area (Å²) in [5.74, 6) is 1.99. The Morgan fingerprint density at radius 1 is 1.00 bits per heavy atom. The van der Waals surface area contributed by atoms with E-state index in [0.717, 1.165) is 0 Å². The van der Waals surface area contributed by atoms with Gasteiger partial charge in [-0.1, -0.05) is 0 Å². The molecule has 2 rings (SSSR count). The minimum Gasteiger partial charge on any atom is -0.496 e. The minimum absolute atomic E-state index is 0.337. The van der Waals surface area contributed by atoms with Gasteiger partial charge in [-0.3, -0.25) is 4.79 Å². The van der Waals surface area contributed by atoms with Gasteiger partial charge in [0.2, 0.25) is 0 Å². The minimum atomic E-state index is -0.337. The molecule has 0 atom stereocenters. The molecule has 7 nitrogen and oxygen atoms in total. The van der Waals surface area contributed by atoms with E-state index in [9.17, 15) is 4.79 Å². The smallest absolute Gasteiger partial charge is 0.271 e. The van der Waals surface area contributed by atoms with Crippen LogP contribution in [-0.4, -0.2) is 40.1 Å². The third kappa shape index (κ3) is 4.66. The molecule has 2 aromatic carbocycles. The van der Waals surface area contributed by atoms with Gasteiger partial charge in [-0.05, 0) is 31.2 Å². The van der Waals surface area contributed by atoms with Gasteiger partial charge in [-0.2, -0.15) is 5.10 Å². The van der Waals surface area contributed by atoms with Crippen LogP contribution in [0.25, 0.3) is 0 Å². The number of rotatable bonds is 8. The molecule has 0 aliphatic carbocycles. The molecule has 0 spiro atoms. The van der Waals surface area contributed by atoms with E-state index in [1.165, 1.54) is 20.4 Å². The number of carbonyl (C=O) groups excluding carboxylic acids is 1. The van der Waals surface area contributed by atoms with Crippen molar-refractivity contribution in [1.82, 2.24) is 5.43 Å². The molecule has 7 heteroatoms. The number of hydrazone groups is 1. The number of nitrogens with one attached hydrogen (secondary N) is 1. The van der Waals surface area contributed by atoms with Crippen LogP contribution in [0.1, 0.15) is 22.8 Å². The number of hydrogen-bond donors (Lipinski definition) is 1. The van der Waals surface area contributed by atoms with Crippen LogP contribution in [0.3, 0.4) is 0 Å². The molecule has 0 unspecified atom stereocenters. The molecule has 0 bridgehead atoms. The maximum atomic E-state index is 12.2. The van der Waals surface area contributed by atoms with E-state index in [0.29, 0.717) is 40.7 Å². The lowest BCUT2D eigenvalue weighted by atomic mass is 10.2. The molecular formula is C19H22N2O5. The molecule has 2 aromatic rings. The Morgan fingerprint density at radius 3 is 2.12 bits per heavy atom. The van der Waals surface area contributed by atoms with Crippen LogP contribution in [0.4, 0.5) is 0 Å². The Hall–Kier alpha value is -3.22. The number of amides is 1. The first-order chi connectivity index (χ1) is 12.6. The highest BCUT2D eigenvalue weighted by molar-refractivity contribution is 5.95. The first-order valence-corrected chi connectivity index (χ1v) is 7.99. The third-order valence-corrected chi connectivity index (χ3v) is 3.54. The summed E-state index contributed by atoms with van der Waals surface area (Å²) >= 11 is 0. The van der Waals surface area contributed by atoms with Crippen LogP contribution in [0, 0.1) is 0 Å². The van der Waals surface area contributed by atoms with Crippen LogP contribution >= 0.6 is 0 Å². The van der Waals surface area contributed by atoms with Crippen LogP contribution in [0.2, 0.25) is 0 Å². The summed E-state index contributed by atoms with van der Waals surface area (Å²) in [6.45, 7) is 2.47. The fraction of sp³-hybridized carbons (Fsp3) is 0.263. The highest BCUT2D eigenvalue weighted by Gasteiger charge is 2.12. The van der Waals surface area contributed by atoms with Crippen molar-refractivity contribution in [1.29, 1.82) is 0 Å². The summed E-state index contributed by atoms with van der Waals surface area (Å²) in [6, 6.07) is 10.2. The van der Waals surface area contributed by atoms with Crippen LogP contribution in [0.5, 0.6) is 23.0 Å². The molecule has 0 saturated heterocycles. The molecule has 0 saturated carbocycles. The number of nitrogens with zero attached hydrogens (tertiary/aromatic N) is 1. The number of carbonyl (C=O) groups is 1. The molecule has 0 aliphatic heterocycles. The summed E-state index contributed by atoms with van der Waals surface area (Å²) in [7, 11) is 4.62. The second-order valence-corrected chi connectivity index (χ2v) is 5.10. The monoisotopic (exact) mass is 358 g/mol. The van der Waals surface area contributed by atoms with Crippen molar-refractivity contribution in [2.24, 2.45) is 5.10 Å². The second kappa shape index (κ2) is 9.31. The van der Waals surface area contributed by atoms with E-state index in [1.54, 1.807) is 43.5 Å². The van der Waals surface area contributed by atoms with Crippen molar-refractivity contribution in [3.63, 3.8) is 0 Å². The largest absolute Gasteiger partial charge is 0.496 e. The zero-order chi connectivity index (χ0) is 18.9. The van der Waals surface area contributed by atoms with Crippen molar-refractivity contribution in [2.45, 2.75) is 6.92 Å². The van der Waals surface area contributed by atoms with E-state index >= 15 is 0 Å². The molecule has 0 aromatic heterocycles. The molecule has 0 radical (unpaired) electrons. The molecular weight excluding hydrogens is 336 g/mol. The van der Waals surface area contributed by atoms with Gasteiger partial charge in [0.15, 0.2) is 0 Å². The van der Waals surface area contributed by atoms with Gasteiger partial charge in [-0.25, -0.2) is 5.43 Å². The first kappa shape index (κ1) is 19.1. The van der Waals surface area contributed by atoms with E-state index in [2.05, 4.69) is 10.5 Å². The lowest BCUT2D eigenvalue weighted by Gasteiger charge is -2.12. The predicted octanol–water partition coefficient (Wildman–Crippen LogP) is 2.88. The quantitative estimate of drug-likeness (QED) is 0.580. The summed E-state index contributed by atoms with van der Waals surface area (Å²) in [5.41, 5.74) is 3.53. The van der Waals surface area contributed by atoms with Crippen molar-refractivity contribution in [2.75, 3.05) is 27.9 Å². The standard InChI is InChI=1S/C19H22N2O5/c1-5-26-14-8-6-13(7-9-14)19(22)21-20-12-16-17(24-3)10-15(23-2)11-18(16)25-4/h6-12H,5H2,1-4H3,(H,21,22)/b20-12-. The van der Waals surface area contributed by atoms with E-state index in [-0.39, 0.29) is 5.91 Å². The third-order valence-electron chi connectivity index (χ3n) is 3.54. The number of ether oxygens (including phenoxy) is 4. The maximum Gasteiger partial charge on any atom is 0.271 e. The average Bonchev–Trinajstić information content (AvgIpc) is 2.68. The molecule has 0 fully saturated rings. The molecule has 1 amide bonds. The SMILES string of the molecule is CCOc1ccc(C(=O)N/N=C\c2c(OC)cc(OC)cc2OC)cc1. The zero-order valence-corrected chi connectivity index (χ0v) is 15.2. The summed E-state index contributed by atoms with van der Waals surface area (Å²) in [4.78, 5) is 12.2. The van der Waals surface area contributed by atoms with Crippen molar-refractivity contribution >= 4 is 12.1 Å². The Balaban J connectivity index is 2.13. The van der Waals surface area contributed by atoms with Gasteiger partial charge in [-0.15, -0.1) is 0 Å². The van der Waals surface area contributed by atoms with Gasteiger partial charge in [0.1, 0.15) is 23.0 Å². The lowest BCUT2D eigenvalue weighted by molar-refractivity contribution is 0.0955. The Bertz CT molecular complexity index is 747. The van der Waals surface area contributed by atoms with E-state index < -0.39 is 0 Å². The Labute approximate surface area is 152 Å². The van der Waals surface area contributed by atoms with Crippen molar-refractivity contribution < 1.29 is 23.7 Å². The second-order valence-electron chi connectivity index (χ2n) is 5.10. The lowest BCUT2D eigenvalue weighted by Crippen LogP contribution is -2.17. The van der Waals surface area contributed by atoms with Gasteiger partial charge < -0.3 is 18.9 Å². The molecule has 0 aliphatic rings. The van der Waals surface area contributed by atoms with Gasteiger partial charge in [0, 0.05) is 17.7 Å². The molecule has 26 heavy (non-hydrogen) atoms. The first-order valence-electron chi connectivity index (χ1n) is 7.99. The molecule has 0 heterocycles. The fourth-order valence-electron chi connectivity index (χ4n) is 2.25. The maximum absolute atomic E-state index is 12.2. The van der Waals surface area contributed by atoms with Crippen molar-refractivity contribution in [3.8, 4) is 23.0 Å². The molecule has 138 valence electrons. The average molecular weight is 358 g/mol. The van der Waals surface area contributed by atoms with Crippen molar-refractivity contribution in [3.05, 3.63) is 47.5 Å². The summed E-state index contributed by atoms with van der Waals surface area (Å²) < 4.78 is 21.2. The number of benzene rings is 2. The zero-order valence-electron chi connectivity index (χ0n) is 15.2. The van der Waals surface area contributed by atoms with Crippen LogP contribution in [0.15, 0.2) is 41.5 Å². The van der Waals surface area contributed by atoms with Crippen LogP contribution in [-0.2, 0) is 0 Å². The van der Waals surface area contributed by atoms with E-state index in [1.807, 2.05) is 6.92 Å². The Kier molecular flexibility index (Phi) is 6.84. The Morgan fingerprint density at radius 2 is 1.62 bits per heavy atom. The van der Waals surface area contributed by atoms with Gasteiger partial charge in [0.05, 0.1) is 39.7 Å². The van der Waals surface area contributed by atoms with Crippen LogP contribution < -0.4 is 24.4 Å². The summed E-state index contributed by atoms with van der Waals surface area (Å²) in [6.07, 6.45) is 1.46. The summed E-state index contributed by atoms with van der Waals surface area (Å²) in [5, 5.41) is 3.99. The predicted molar refractivity (Wildman–Crippen MR) is 98.8 cm³/mol. The normalized spacial score (nSPS) is 10.5. The highest BCUT2D eigenvalue weighted by Crippen LogP contribution is 2.32. The van der Waals surface area contributed by atoms with Gasteiger partial charge >= 0.3 is 0 Å². The van der Waals surface area contributed by atoms with Gasteiger partial charge in [0.25, 0.3) is 5.91 Å². The highest BCUT2D eigenvalue weighted by atomic mass is 16.5. The molecule has 1 N–H and O–H groups in total.